The summed E-state index contributed by atoms with van der Waals surface area (Å²) in [5.74, 6) is 0.209. The molecular formula is C22H37FNO+. The molecule has 0 aromatic heterocycles. The van der Waals surface area contributed by atoms with Gasteiger partial charge in [0.05, 0.1) is 19.6 Å². The van der Waals surface area contributed by atoms with Gasteiger partial charge in [-0.3, -0.25) is 0 Å². The van der Waals surface area contributed by atoms with Gasteiger partial charge >= 0.3 is 0 Å². The summed E-state index contributed by atoms with van der Waals surface area (Å²) in [5, 5.41) is 0. The normalized spacial score (nSPS) is 17.7. The minimum atomic E-state index is -0.234. The van der Waals surface area contributed by atoms with Crippen LogP contribution in [-0.4, -0.2) is 37.3 Å². The fourth-order valence-corrected chi connectivity index (χ4v) is 4.11. The van der Waals surface area contributed by atoms with Gasteiger partial charge < -0.3 is 9.22 Å². The number of unbranched alkanes of at least 4 members (excludes halogenated alkanes) is 3. The van der Waals surface area contributed by atoms with Gasteiger partial charge in [0.25, 0.3) is 0 Å². The number of ether oxygens (including phenoxy) is 1. The Morgan fingerprint density at radius 3 is 2.36 bits per heavy atom. The van der Waals surface area contributed by atoms with Crippen LogP contribution in [0.2, 0.25) is 0 Å². The van der Waals surface area contributed by atoms with E-state index >= 15 is 0 Å². The molecule has 1 aliphatic rings. The largest absolute Gasteiger partial charge is 0.484 e. The molecule has 25 heavy (non-hydrogen) atoms. The van der Waals surface area contributed by atoms with E-state index in [4.69, 9.17) is 4.74 Å². The van der Waals surface area contributed by atoms with Crippen molar-refractivity contribution in [1.29, 1.82) is 0 Å². The predicted octanol–water partition coefficient (Wildman–Crippen LogP) is 5.87. The second-order valence-corrected chi connectivity index (χ2v) is 7.80. The number of quaternary nitrogens is 1. The Balaban J connectivity index is 1.94. The summed E-state index contributed by atoms with van der Waals surface area (Å²) >= 11 is 0. The summed E-state index contributed by atoms with van der Waals surface area (Å²) < 4.78 is 21.1. The van der Waals surface area contributed by atoms with Crippen molar-refractivity contribution in [2.45, 2.75) is 71.6 Å². The molecular weight excluding hydrogens is 313 g/mol. The molecule has 1 aromatic rings. The number of para-hydroxylation sites is 1. The van der Waals surface area contributed by atoms with Crippen molar-refractivity contribution in [3.8, 4) is 5.75 Å². The van der Waals surface area contributed by atoms with E-state index in [2.05, 4.69) is 6.92 Å². The fourth-order valence-electron chi connectivity index (χ4n) is 4.11. The number of rotatable bonds is 9. The van der Waals surface area contributed by atoms with Gasteiger partial charge in [0, 0.05) is 0 Å². The monoisotopic (exact) mass is 350 g/mol. The summed E-state index contributed by atoms with van der Waals surface area (Å²) in [4.78, 5) is 0. The molecule has 2 nitrogen and oxygen atoms in total. The molecule has 0 aliphatic carbocycles. The zero-order valence-electron chi connectivity index (χ0n) is 16.4. The summed E-state index contributed by atoms with van der Waals surface area (Å²) in [6.45, 7) is 9.63. The number of hydrogen-bond donors (Lipinski definition) is 0. The molecule has 0 N–H and O–H groups in total. The highest BCUT2D eigenvalue weighted by Gasteiger charge is 2.27. The Bertz CT molecular complexity index is 475. The van der Waals surface area contributed by atoms with Crippen molar-refractivity contribution in [1.82, 2.24) is 0 Å². The quantitative estimate of drug-likeness (QED) is 0.399. The average molecular weight is 351 g/mol. The first-order chi connectivity index (χ1) is 12.2. The number of likely N-dealkylation sites (tertiary alicyclic amines) is 1. The van der Waals surface area contributed by atoms with Crippen molar-refractivity contribution in [2.24, 2.45) is 0 Å². The van der Waals surface area contributed by atoms with Crippen LogP contribution in [0, 0.1) is 12.7 Å². The van der Waals surface area contributed by atoms with Crippen LogP contribution in [0.15, 0.2) is 18.2 Å². The predicted molar refractivity (Wildman–Crippen MR) is 104 cm³/mol. The summed E-state index contributed by atoms with van der Waals surface area (Å²) in [7, 11) is 0. The smallest absolute Gasteiger partial charge is 0.165 e. The van der Waals surface area contributed by atoms with Crippen molar-refractivity contribution in [3.63, 3.8) is 0 Å². The number of nitrogens with zero attached hydrogens (tertiary/aromatic N) is 1. The number of aryl methyl sites for hydroxylation is 1. The van der Waals surface area contributed by atoms with Gasteiger partial charge in [-0.25, -0.2) is 4.39 Å². The van der Waals surface area contributed by atoms with Crippen molar-refractivity contribution < 1.29 is 13.6 Å². The highest BCUT2D eigenvalue weighted by molar-refractivity contribution is 5.33. The van der Waals surface area contributed by atoms with Gasteiger partial charge in [-0.05, 0) is 57.1 Å². The maximum absolute atomic E-state index is 14.0. The van der Waals surface area contributed by atoms with E-state index in [1.807, 2.05) is 13.0 Å². The average Bonchev–Trinajstić information content (AvgIpc) is 2.57. The number of hydrogen-bond acceptors (Lipinski definition) is 1. The standard InChI is InChI=1S/C22H37FNO/c1-3-4-5-9-15-24(16-10-7-6-8-11-17-24)18-19-25-22-20(2)13-12-14-21(22)23/h12-14H,3-11,15-19H2,1-2H3/q+1. The van der Waals surface area contributed by atoms with Crippen LogP contribution in [0.4, 0.5) is 4.39 Å². The molecule has 0 atom stereocenters. The van der Waals surface area contributed by atoms with Crippen molar-refractivity contribution in [3.05, 3.63) is 29.6 Å². The van der Waals surface area contributed by atoms with Crippen LogP contribution in [-0.2, 0) is 0 Å². The Morgan fingerprint density at radius 1 is 0.960 bits per heavy atom. The van der Waals surface area contributed by atoms with Crippen molar-refractivity contribution in [2.75, 3.05) is 32.8 Å². The minimum absolute atomic E-state index is 0.234. The van der Waals surface area contributed by atoms with Gasteiger partial charge in [0.15, 0.2) is 11.6 Å². The Labute approximate surface area is 154 Å². The van der Waals surface area contributed by atoms with Crippen LogP contribution in [0.1, 0.15) is 70.3 Å². The lowest BCUT2D eigenvalue weighted by atomic mass is 10.0. The minimum Gasteiger partial charge on any atom is -0.484 e. The van der Waals surface area contributed by atoms with E-state index in [1.54, 1.807) is 6.07 Å². The van der Waals surface area contributed by atoms with Crippen LogP contribution in [0.5, 0.6) is 5.75 Å². The number of halogens is 1. The molecule has 0 saturated carbocycles. The van der Waals surface area contributed by atoms with E-state index in [1.165, 1.54) is 88.0 Å². The second-order valence-electron chi connectivity index (χ2n) is 7.80. The van der Waals surface area contributed by atoms with Crippen LogP contribution < -0.4 is 4.74 Å². The van der Waals surface area contributed by atoms with E-state index < -0.39 is 0 Å². The lowest BCUT2D eigenvalue weighted by Gasteiger charge is -2.40. The maximum atomic E-state index is 14.0. The maximum Gasteiger partial charge on any atom is 0.165 e. The molecule has 1 aliphatic heterocycles. The molecule has 0 amide bonds. The fraction of sp³-hybridized carbons (Fsp3) is 0.727. The Morgan fingerprint density at radius 2 is 1.68 bits per heavy atom. The Kier molecular flexibility index (Phi) is 8.74. The van der Waals surface area contributed by atoms with Crippen molar-refractivity contribution >= 4 is 0 Å². The van der Waals surface area contributed by atoms with Crippen LogP contribution >= 0.6 is 0 Å². The third-order valence-electron chi connectivity index (χ3n) is 5.73. The van der Waals surface area contributed by atoms with Crippen LogP contribution in [0.3, 0.4) is 0 Å². The third kappa shape index (κ3) is 6.62. The molecule has 1 heterocycles. The first kappa shape index (κ1) is 20.2. The molecule has 0 spiro atoms. The first-order valence-electron chi connectivity index (χ1n) is 10.4. The van der Waals surface area contributed by atoms with E-state index in [-0.39, 0.29) is 5.82 Å². The molecule has 1 saturated heterocycles. The lowest BCUT2D eigenvalue weighted by molar-refractivity contribution is -0.929. The second kappa shape index (κ2) is 10.8. The zero-order chi connectivity index (χ0) is 18.0. The van der Waals surface area contributed by atoms with Gasteiger partial charge in [-0.1, -0.05) is 38.3 Å². The summed E-state index contributed by atoms with van der Waals surface area (Å²) in [5.41, 5.74) is 0.891. The Hall–Kier alpha value is -1.09. The van der Waals surface area contributed by atoms with Gasteiger partial charge in [-0.2, -0.15) is 0 Å². The van der Waals surface area contributed by atoms with E-state index in [0.29, 0.717) is 12.4 Å². The van der Waals surface area contributed by atoms with Gasteiger partial charge in [-0.15, -0.1) is 0 Å². The summed E-state index contributed by atoms with van der Waals surface area (Å²) in [6, 6.07) is 5.16. The van der Waals surface area contributed by atoms with E-state index in [0.717, 1.165) is 12.1 Å². The summed E-state index contributed by atoms with van der Waals surface area (Å²) in [6.07, 6.45) is 12.0. The molecule has 3 heteroatoms. The molecule has 0 radical (unpaired) electrons. The van der Waals surface area contributed by atoms with Gasteiger partial charge in [0.1, 0.15) is 13.2 Å². The molecule has 0 bridgehead atoms. The van der Waals surface area contributed by atoms with Gasteiger partial charge in [0.2, 0.25) is 0 Å². The highest BCUT2D eigenvalue weighted by Crippen LogP contribution is 2.23. The third-order valence-corrected chi connectivity index (χ3v) is 5.73. The SMILES string of the molecule is CCCCCC[N+]1(CCOc2c(C)cccc2F)CCCCCCC1. The number of benzene rings is 1. The molecule has 142 valence electrons. The lowest BCUT2D eigenvalue weighted by Crippen LogP contribution is -2.52. The zero-order valence-corrected chi connectivity index (χ0v) is 16.4. The molecule has 2 rings (SSSR count). The highest BCUT2D eigenvalue weighted by atomic mass is 19.1. The molecule has 0 unspecified atom stereocenters. The van der Waals surface area contributed by atoms with E-state index in [9.17, 15) is 4.39 Å². The molecule has 1 fully saturated rings. The topological polar surface area (TPSA) is 9.23 Å². The first-order valence-corrected chi connectivity index (χ1v) is 10.4. The van der Waals surface area contributed by atoms with Crippen LogP contribution in [0.25, 0.3) is 0 Å². The molecule has 1 aromatic carbocycles.